The van der Waals surface area contributed by atoms with Crippen molar-refractivity contribution in [2.24, 2.45) is 5.92 Å². The van der Waals surface area contributed by atoms with Crippen LogP contribution in [0.15, 0.2) is 0 Å². The minimum atomic E-state index is -0.808. The number of ether oxygens (including phenoxy) is 1. The van der Waals surface area contributed by atoms with Gasteiger partial charge in [-0.05, 0) is 31.9 Å². The molecule has 6 nitrogen and oxygen atoms in total. The van der Waals surface area contributed by atoms with E-state index in [0.717, 1.165) is 32.5 Å². The van der Waals surface area contributed by atoms with E-state index in [-0.39, 0.29) is 10.8 Å². The Labute approximate surface area is 129 Å². The molecule has 120 valence electrons. The molecule has 0 aromatic carbocycles. The van der Waals surface area contributed by atoms with Gasteiger partial charge >= 0.3 is 12.0 Å². The molecule has 0 spiro atoms. The lowest BCUT2D eigenvalue weighted by Crippen LogP contribution is -2.51. The maximum atomic E-state index is 12.2. The van der Waals surface area contributed by atoms with Crippen molar-refractivity contribution in [3.63, 3.8) is 0 Å². The van der Waals surface area contributed by atoms with Crippen LogP contribution >= 0.6 is 11.8 Å². The van der Waals surface area contributed by atoms with Crippen LogP contribution in [0.25, 0.3) is 0 Å². The van der Waals surface area contributed by atoms with Gasteiger partial charge in [-0.25, -0.2) is 4.79 Å². The van der Waals surface area contributed by atoms with Gasteiger partial charge in [0.1, 0.15) is 0 Å². The normalized spacial score (nSPS) is 25.4. The van der Waals surface area contributed by atoms with Gasteiger partial charge < -0.3 is 20.1 Å². The Bertz CT molecular complexity index is 385. The van der Waals surface area contributed by atoms with Crippen molar-refractivity contribution < 1.29 is 19.4 Å². The number of carboxylic acid groups (broad SMARTS) is 1. The van der Waals surface area contributed by atoms with Crippen molar-refractivity contribution in [3.05, 3.63) is 0 Å². The second-order valence-electron chi connectivity index (χ2n) is 5.78. The molecule has 2 N–H and O–H groups in total. The van der Waals surface area contributed by atoms with Gasteiger partial charge in [0, 0.05) is 37.6 Å². The number of amides is 2. The molecule has 2 aliphatic rings. The second-order valence-corrected chi connectivity index (χ2v) is 7.06. The van der Waals surface area contributed by atoms with Crippen LogP contribution in [0.5, 0.6) is 0 Å². The third-order valence-corrected chi connectivity index (χ3v) is 5.88. The summed E-state index contributed by atoms with van der Waals surface area (Å²) >= 11 is 1.78. The van der Waals surface area contributed by atoms with Gasteiger partial charge in [-0.15, -0.1) is 0 Å². The number of carboxylic acids is 1. The molecule has 2 fully saturated rings. The number of carbonyl (C=O) groups is 2. The Morgan fingerprint density at radius 3 is 2.76 bits per heavy atom. The highest BCUT2D eigenvalue weighted by Crippen LogP contribution is 2.33. The van der Waals surface area contributed by atoms with Crippen LogP contribution in [-0.2, 0) is 9.53 Å². The lowest BCUT2D eigenvalue weighted by atomic mass is 9.98. The highest BCUT2D eigenvalue weighted by Gasteiger charge is 2.33. The molecule has 1 unspecified atom stereocenters. The number of piperidine rings is 1. The van der Waals surface area contributed by atoms with E-state index in [9.17, 15) is 9.59 Å². The highest BCUT2D eigenvalue weighted by molar-refractivity contribution is 8.00. The summed E-state index contributed by atoms with van der Waals surface area (Å²) in [5.74, 6) is -1.24. The second kappa shape index (κ2) is 7.35. The van der Waals surface area contributed by atoms with Gasteiger partial charge in [-0.2, -0.15) is 11.8 Å². The van der Waals surface area contributed by atoms with Gasteiger partial charge in [-0.1, -0.05) is 0 Å². The van der Waals surface area contributed by atoms with Crippen LogP contribution in [0.2, 0.25) is 0 Å². The molecule has 1 atom stereocenters. The molecule has 0 radical (unpaired) electrons. The van der Waals surface area contributed by atoms with Gasteiger partial charge in [0.2, 0.25) is 0 Å². The van der Waals surface area contributed by atoms with Crippen LogP contribution < -0.4 is 5.32 Å². The Balaban J connectivity index is 1.84. The maximum absolute atomic E-state index is 12.2. The van der Waals surface area contributed by atoms with E-state index in [1.165, 1.54) is 0 Å². The van der Waals surface area contributed by atoms with E-state index in [1.807, 2.05) is 0 Å². The first kappa shape index (κ1) is 16.4. The maximum Gasteiger partial charge on any atom is 0.317 e. The van der Waals surface area contributed by atoms with E-state index in [4.69, 9.17) is 9.84 Å². The first-order chi connectivity index (χ1) is 10.1. The number of urea groups is 1. The summed E-state index contributed by atoms with van der Waals surface area (Å²) in [5, 5.41) is 12.1. The molecule has 2 rings (SSSR count). The van der Waals surface area contributed by atoms with Gasteiger partial charge in [0.25, 0.3) is 0 Å². The molecule has 7 heteroatoms. The summed E-state index contributed by atoms with van der Waals surface area (Å²) in [4.78, 5) is 24.9. The molecule has 0 bridgehead atoms. The van der Waals surface area contributed by atoms with E-state index < -0.39 is 11.9 Å². The largest absolute Gasteiger partial charge is 0.481 e. The van der Waals surface area contributed by atoms with Gasteiger partial charge in [0.15, 0.2) is 0 Å². The molecular weight excluding hydrogens is 292 g/mol. The average molecular weight is 316 g/mol. The molecule has 0 aromatic heterocycles. The fourth-order valence-corrected chi connectivity index (χ4v) is 3.70. The van der Waals surface area contributed by atoms with E-state index in [1.54, 1.807) is 16.7 Å². The minimum absolute atomic E-state index is 0.0515. The number of thioether (sulfide) groups is 1. The molecule has 2 aliphatic heterocycles. The summed E-state index contributed by atoms with van der Waals surface area (Å²) in [7, 11) is 0. The molecule has 2 heterocycles. The van der Waals surface area contributed by atoms with Gasteiger partial charge in [-0.3, -0.25) is 4.79 Å². The number of hydrogen-bond acceptors (Lipinski definition) is 4. The molecular formula is C14H24N2O4S. The van der Waals surface area contributed by atoms with E-state index in [0.29, 0.717) is 26.1 Å². The Morgan fingerprint density at radius 2 is 2.14 bits per heavy atom. The summed E-state index contributed by atoms with van der Waals surface area (Å²) < 4.78 is 5.44. The van der Waals surface area contributed by atoms with E-state index >= 15 is 0 Å². The van der Waals surface area contributed by atoms with Crippen LogP contribution in [0, 0.1) is 5.92 Å². The molecule has 2 amide bonds. The van der Waals surface area contributed by atoms with Crippen LogP contribution in [0.4, 0.5) is 4.79 Å². The summed E-state index contributed by atoms with van der Waals surface area (Å²) in [6.45, 7) is 3.05. The molecule has 0 saturated carbocycles. The summed E-state index contributed by atoms with van der Waals surface area (Å²) in [6.07, 6.45) is 5.36. The fraction of sp³-hybridized carbons (Fsp3) is 0.857. The van der Waals surface area contributed by atoms with Crippen LogP contribution in [-0.4, -0.2) is 65.9 Å². The van der Waals surface area contributed by atoms with Crippen molar-refractivity contribution in [1.82, 2.24) is 10.2 Å². The molecule has 0 aromatic rings. The number of rotatable bonds is 4. The van der Waals surface area contributed by atoms with Crippen LogP contribution in [0.3, 0.4) is 0 Å². The third-order valence-electron chi connectivity index (χ3n) is 4.46. The Hall–Kier alpha value is -0.950. The predicted octanol–water partition coefficient (Wildman–Crippen LogP) is 1.40. The van der Waals surface area contributed by atoms with Crippen LogP contribution in [0.1, 0.15) is 25.7 Å². The number of likely N-dealkylation sites (tertiary alicyclic amines) is 1. The third kappa shape index (κ3) is 4.26. The lowest BCUT2D eigenvalue weighted by Gasteiger charge is -2.37. The summed E-state index contributed by atoms with van der Waals surface area (Å²) in [5.41, 5.74) is 0. The number of hydrogen-bond donors (Lipinski definition) is 2. The number of aliphatic carboxylic acids is 1. The van der Waals surface area contributed by atoms with Gasteiger partial charge in [0.05, 0.1) is 5.92 Å². The van der Waals surface area contributed by atoms with Crippen molar-refractivity contribution in [1.29, 1.82) is 0 Å². The first-order valence-electron chi connectivity index (χ1n) is 7.45. The zero-order valence-corrected chi connectivity index (χ0v) is 13.3. The zero-order valence-electron chi connectivity index (χ0n) is 12.5. The molecule has 2 saturated heterocycles. The minimum Gasteiger partial charge on any atom is -0.481 e. The number of carbonyl (C=O) groups excluding carboxylic acids is 1. The number of nitrogens with one attached hydrogen (secondary N) is 1. The zero-order chi connectivity index (χ0) is 15.3. The van der Waals surface area contributed by atoms with Crippen molar-refractivity contribution in [2.75, 3.05) is 39.1 Å². The summed E-state index contributed by atoms with van der Waals surface area (Å²) in [6, 6.07) is -0.138. The van der Waals surface area contributed by atoms with Crippen molar-refractivity contribution in [3.8, 4) is 0 Å². The predicted molar refractivity (Wildman–Crippen MR) is 81.6 cm³/mol. The quantitative estimate of drug-likeness (QED) is 0.820. The van der Waals surface area contributed by atoms with Crippen molar-refractivity contribution in [2.45, 2.75) is 30.4 Å². The van der Waals surface area contributed by atoms with E-state index in [2.05, 4.69) is 11.6 Å². The Kier molecular flexibility index (Phi) is 5.75. The Morgan fingerprint density at radius 1 is 1.43 bits per heavy atom. The highest BCUT2D eigenvalue weighted by atomic mass is 32.2. The monoisotopic (exact) mass is 316 g/mol. The average Bonchev–Trinajstić information content (AvgIpc) is 2.53. The first-order valence-corrected chi connectivity index (χ1v) is 8.67. The standard InChI is InChI=1S/C14H24N2O4S/c1-21-14(4-7-20-8-5-14)10-15-13(19)16-6-2-3-11(9-16)12(17)18/h11H,2-10H2,1H3,(H,15,19)(H,17,18). The number of nitrogens with zero attached hydrogens (tertiary/aromatic N) is 1. The molecule has 0 aliphatic carbocycles. The topological polar surface area (TPSA) is 78.9 Å². The molecule has 21 heavy (non-hydrogen) atoms. The fourth-order valence-electron chi connectivity index (χ4n) is 2.91. The SMILES string of the molecule is CSC1(CNC(=O)N2CCCC(C(=O)O)C2)CCOCC1. The van der Waals surface area contributed by atoms with Crippen molar-refractivity contribution >= 4 is 23.8 Å². The lowest BCUT2D eigenvalue weighted by molar-refractivity contribution is -0.143. The smallest absolute Gasteiger partial charge is 0.317 e.